The molecule has 4 unspecified atom stereocenters. The summed E-state index contributed by atoms with van der Waals surface area (Å²) in [6.45, 7) is 19.3. The molecule has 3 aliphatic carbocycles. The molecule has 3 saturated carbocycles. The van der Waals surface area contributed by atoms with Gasteiger partial charge in [-0.15, -0.1) is 6.58 Å². The number of nitriles is 1. The molecular weight excluding hydrogens is 448 g/mol. The molecule has 1 aromatic rings. The number of benzene rings is 1. The molecule has 2 heteroatoms. The minimum atomic E-state index is 0.446. The highest BCUT2D eigenvalue weighted by atomic mass is 14.9. The lowest BCUT2D eigenvalue weighted by atomic mass is 9.61. The third kappa shape index (κ3) is 6.19. The van der Waals surface area contributed by atoms with E-state index in [-0.39, 0.29) is 0 Å². The predicted octanol–water partition coefficient (Wildman–Crippen LogP) is 9.10. The van der Waals surface area contributed by atoms with Crippen LogP contribution in [0, 0.1) is 46.3 Å². The molecule has 3 fully saturated rings. The molecule has 0 aliphatic heterocycles. The first-order valence-corrected chi connectivity index (χ1v) is 15.4. The number of rotatable bonds is 10. The van der Waals surface area contributed by atoms with Gasteiger partial charge in [-0.25, -0.2) is 0 Å². The lowest BCUT2D eigenvalue weighted by Gasteiger charge is -2.46. The summed E-state index contributed by atoms with van der Waals surface area (Å²) in [6.07, 6.45) is 17.0. The maximum absolute atomic E-state index is 10.1. The van der Waals surface area contributed by atoms with Gasteiger partial charge in [0.2, 0.25) is 0 Å². The zero-order valence-electron chi connectivity index (χ0n) is 24.2. The SMILES string of the molecule is C=CC1CCC(Cc2cc(C3C(CC)CCC(C)C3C(=C)NCC3(C)CCC3)c(CC)cc2C#N)CC1. The van der Waals surface area contributed by atoms with Gasteiger partial charge in [0.05, 0.1) is 11.6 Å². The Labute approximate surface area is 228 Å². The van der Waals surface area contributed by atoms with Crippen LogP contribution in [0.15, 0.2) is 37.1 Å². The number of aryl methyl sites for hydroxylation is 1. The van der Waals surface area contributed by atoms with Crippen LogP contribution in [-0.4, -0.2) is 6.54 Å². The van der Waals surface area contributed by atoms with Crippen molar-refractivity contribution in [3.05, 3.63) is 59.3 Å². The predicted molar refractivity (Wildman–Crippen MR) is 157 cm³/mol. The molecule has 0 amide bonds. The first kappa shape index (κ1) is 28.0. The maximum atomic E-state index is 10.1. The van der Waals surface area contributed by atoms with Crippen LogP contribution in [0.4, 0.5) is 0 Å². The van der Waals surface area contributed by atoms with Gasteiger partial charge in [0, 0.05) is 18.2 Å². The zero-order valence-corrected chi connectivity index (χ0v) is 24.2. The highest BCUT2D eigenvalue weighted by Crippen LogP contribution is 2.50. The van der Waals surface area contributed by atoms with E-state index >= 15 is 0 Å². The van der Waals surface area contributed by atoms with Gasteiger partial charge in [0.1, 0.15) is 0 Å². The Kier molecular flexibility index (Phi) is 9.26. The molecule has 0 bridgehead atoms. The van der Waals surface area contributed by atoms with Crippen LogP contribution in [0.2, 0.25) is 0 Å². The number of allylic oxidation sites excluding steroid dienone is 2. The van der Waals surface area contributed by atoms with Gasteiger partial charge in [-0.1, -0.05) is 59.3 Å². The van der Waals surface area contributed by atoms with E-state index in [0.29, 0.717) is 40.9 Å². The largest absolute Gasteiger partial charge is 0.388 e. The van der Waals surface area contributed by atoms with Crippen LogP contribution >= 0.6 is 0 Å². The molecular formula is C35H52N2. The molecule has 4 rings (SSSR count). The number of nitrogens with one attached hydrogen (secondary N) is 1. The molecule has 2 nitrogen and oxygen atoms in total. The van der Waals surface area contributed by atoms with Gasteiger partial charge in [-0.05, 0) is 122 Å². The fourth-order valence-corrected chi connectivity index (χ4v) is 7.89. The summed E-state index contributed by atoms with van der Waals surface area (Å²) in [5.74, 6) is 3.61. The van der Waals surface area contributed by atoms with E-state index in [0.717, 1.165) is 24.9 Å². The van der Waals surface area contributed by atoms with Crippen LogP contribution in [-0.2, 0) is 12.8 Å². The van der Waals surface area contributed by atoms with Crippen molar-refractivity contribution in [3.63, 3.8) is 0 Å². The summed E-state index contributed by atoms with van der Waals surface area (Å²) in [6, 6.07) is 7.34. The lowest BCUT2D eigenvalue weighted by molar-refractivity contribution is 0.143. The Morgan fingerprint density at radius 2 is 1.84 bits per heavy atom. The van der Waals surface area contributed by atoms with E-state index < -0.39 is 0 Å². The van der Waals surface area contributed by atoms with Crippen LogP contribution in [0.1, 0.15) is 120 Å². The number of hydrogen-bond donors (Lipinski definition) is 1. The van der Waals surface area contributed by atoms with Crippen molar-refractivity contribution >= 4 is 0 Å². The summed E-state index contributed by atoms with van der Waals surface area (Å²) in [5.41, 5.74) is 6.83. The van der Waals surface area contributed by atoms with Crippen LogP contribution in [0.3, 0.4) is 0 Å². The summed E-state index contributed by atoms with van der Waals surface area (Å²) >= 11 is 0. The van der Waals surface area contributed by atoms with E-state index in [9.17, 15) is 5.26 Å². The Morgan fingerprint density at radius 1 is 1.11 bits per heavy atom. The third-order valence-corrected chi connectivity index (χ3v) is 10.7. The van der Waals surface area contributed by atoms with Crippen LogP contribution < -0.4 is 5.32 Å². The fraction of sp³-hybridized carbons (Fsp3) is 0.686. The summed E-state index contributed by atoms with van der Waals surface area (Å²) in [7, 11) is 0. The second-order valence-electron chi connectivity index (χ2n) is 13.2. The first-order valence-electron chi connectivity index (χ1n) is 15.4. The molecule has 0 heterocycles. The molecule has 3 aliphatic rings. The monoisotopic (exact) mass is 500 g/mol. The van der Waals surface area contributed by atoms with E-state index in [1.165, 1.54) is 86.6 Å². The Morgan fingerprint density at radius 3 is 2.41 bits per heavy atom. The Balaban J connectivity index is 1.65. The maximum Gasteiger partial charge on any atom is 0.0994 e. The van der Waals surface area contributed by atoms with E-state index in [4.69, 9.17) is 0 Å². The second kappa shape index (κ2) is 12.2. The second-order valence-corrected chi connectivity index (χ2v) is 13.2. The third-order valence-electron chi connectivity index (χ3n) is 10.7. The average molecular weight is 501 g/mol. The normalized spacial score (nSPS) is 31.1. The Bertz CT molecular complexity index is 985. The summed E-state index contributed by atoms with van der Waals surface area (Å²) in [4.78, 5) is 0. The molecule has 1 aromatic carbocycles. The highest BCUT2D eigenvalue weighted by molar-refractivity contribution is 5.47. The van der Waals surface area contributed by atoms with Crippen molar-refractivity contribution in [2.75, 3.05) is 6.54 Å². The van der Waals surface area contributed by atoms with Crippen molar-refractivity contribution in [2.45, 2.75) is 111 Å². The lowest BCUT2D eigenvalue weighted by Crippen LogP contribution is -2.42. The number of nitrogens with zero attached hydrogens (tertiary/aromatic N) is 1. The van der Waals surface area contributed by atoms with Crippen LogP contribution in [0.25, 0.3) is 0 Å². The zero-order chi connectivity index (χ0) is 26.6. The molecule has 37 heavy (non-hydrogen) atoms. The van der Waals surface area contributed by atoms with Crippen molar-refractivity contribution in [1.29, 1.82) is 5.26 Å². The molecule has 0 saturated heterocycles. The van der Waals surface area contributed by atoms with Crippen molar-refractivity contribution in [2.24, 2.45) is 35.0 Å². The minimum absolute atomic E-state index is 0.446. The molecule has 4 atom stereocenters. The molecule has 0 spiro atoms. The minimum Gasteiger partial charge on any atom is -0.388 e. The van der Waals surface area contributed by atoms with Crippen LogP contribution in [0.5, 0.6) is 0 Å². The van der Waals surface area contributed by atoms with E-state index in [1.807, 2.05) is 0 Å². The van der Waals surface area contributed by atoms with Gasteiger partial charge in [-0.2, -0.15) is 5.26 Å². The quantitative estimate of drug-likeness (QED) is 0.325. The Hall–Kier alpha value is -2.01. The fourth-order valence-electron chi connectivity index (χ4n) is 7.89. The molecule has 1 N–H and O–H groups in total. The molecule has 0 aromatic heterocycles. The standard InChI is InChI=1S/C35H52N2/c1-7-26-12-14-27(15-13-26)19-30-21-32(29(9-3)20-31(30)22-36)34-28(8-2)16-11-24(4)33(34)25(5)37-23-35(6)17-10-18-35/h7,20-21,24,26-28,33-34,37H,1,5,8-19,23H2,2-4,6H3. The van der Waals surface area contributed by atoms with E-state index in [2.05, 4.69) is 70.4 Å². The van der Waals surface area contributed by atoms with Crippen molar-refractivity contribution in [3.8, 4) is 6.07 Å². The van der Waals surface area contributed by atoms with Crippen molar-refractivity contribution < 1.29 is 0 Å². The summed E-state index contributed by atoms with van der Waals surface area (Å²) in [5, 5.41) is 14.0. The average Bonchev–Trinajstić information content (AvgIpc) is 2.90. The first-order chi connectivity index (χ1) is 17.8. The van der Waals surface area contributed by atoms with Gasteiger partial charge >= 0.3 is 0 Å². The van der Waals surface area contributed by atoms with E-state index in [1.54, 1.807) is 0 Å². The molecule has 0 radical (unpaired) electrons. The topological polar surface area (TPSA) is 35.8 Å². The van der Waals surface area contributed by atoms with Gasteiger partial charge < -0.3 is 5.32 Å². The molecule has 202 valence electrons. The van der Waals surface area contributed by atoms with Gasteiger partial charge in [0.25, 0.3) is 0 Å². The van der Waals surface area contributed by atoms with Gasteiger partial charge in [-0.3, -0.25) is 0 Å². The smallest absolute Gasteiger partial charge is 0.0994 e. The van der Waals surface area contributed by atoms with Gasteiger partial charge in [0.15, 0.2) is 0 Å². The highest BCUT2D eigenvalue weighted by Gasteiger charge is 2.41. The number of hydrogen-bond acceptors (Lipinski definition) is 2. The summed E-state index contributed by atoms with van der Waals surface area (Å²) < 4.78 is 0. The van der Waals surface area contributed by atoms with Crippen molar-refractivity contribution in [1.82, 2.24) is 5.32 Å².